The van der Waals surface area contributed by atoms with Gasteiger partial charge in [-0.2, -0.15) is 13.2 Å². The summed E-state index contributed by atoms with van der Waals surface area (Å²) in [5.41, 5.74) is 0.243. The summed E-state index contributed by atoms with van der Waals surface area (Å²) < 4.78 is 39.6. The van der Waals surface area contributed by atoms with E-state index < -0.39 is 11.7 Å². The monoisotopic (exact) mass is 368 g/mol. The van der Waals surface area contributed by atoms with E-state index in [9.17, 15) is 18.0 Å². The van der Waals surface area contributed by atoms with Gasteiger partial charge in [-0.15, -0.1) is 10.2 Å². The zero-order valence-corrected chi connectivity index (χ0v) is 14.5. The normalized spacial score (nSPS) is 12.1. The molecule has 0 aliphatic rings. The molecule has 0 aliphatic carbocycles. The standard InChI is InChI=1S/C16H15F3N4OS/c1-8(2)13-21-22-15-23(13)9(3)12(25-15)14(24)20-11-6-4-10(5-7-11)16(17,18)19/h4-8H,1-3H3,(H,20,24). The minimum absolute atomic E-state index is 0.147. The molecule has 0 fully saturated rings. The molecule has 0 atom stereocenters. The maximum Gasteiger partial charge on any atom is 0.416 e. The van der Waals surface area contributed by atoms with Crippen molar-refractivity contribution in [2.45, 2.75) is 32.9 Å². The number of rotatable bonds is 3. The predicted octanol–water partition coefficient (Wildman–Crippen LogP) is 4.49. The van der Waals surface area contributed by atoms with Gasteiger partial charge in [0.05, 0.1) is 5.56 Å². The van der Waals surface area contributed by atoms with Crippen molar-refractivity contribution in [3.63, 3.8) is 0 Å². The molecule has 1 N–H and O–H groups in total. The second-order valence-electron chi connectivity index (χ2n) is 5.88. The van der Waals surface area contributed by atoms with Gasteiger partial charge in [0.2, 0.25) is 4.96 Å². The number of hydrogen-bond acceptors (Lipinski definition) is 4. The summed E-state index contributed by atoms with van der Waals surface area (Å²) in [4.78, 5) is 13.5. The molecule has 5 nitrogen and oxygen atoms in total. The van der Waals surface area contributed by atoms with E-state index in [1.54, 1.807) is 6.92 Å². The van der Waals surface area contributed by atoms with Crippen molar-refractivity contribution < 1.29 is 18.0 Å². The number of aromatic nitrogens is 3. The highest BCUT2D eigenvalue weighted by molar-refractivity contribution is 7.19. The van der Waals surface area contributed by atoms with Gasteiger partial charge in [-0.25, -0.2) is 0 Å². The van der Waals surface area contributed by atoms with Crippen LogP contribution in [0.3, 0.4) is 0 Å². The van der Waals surface area contributed by atoms with Crippen LogP contribution in [0, 0.1) is 6.92 Å². The number of carbonyl (C=O) groups is 1. The first kappa shape index (κ1) is 17.4. The van der Waals surface area contributed by atoms with Crippen molar-refractivity contribution in [3.8, 4) is 0 Å². The van der Waals surface area contributed by atoms with Crippen molar-refractivity contribution in [1.82, 2.24) is 14.6 Å². The van der Waals surface area contributed by atoms with Crippen molar-refractivity contribution in [1.29, 1.82) is 0 Å². The van der Waals surface area contributed by atoms with Crippen molar-refractivity contribution in [2.75, 3.05) is 5.32 Å². The van der Waals surface area contributed by atoms with Gasteiger partial charge in [0.1, 0.15) is 10.7 Å². The van der Waals surface area contributed by atoms with E-state index in [2.05, 4.69) is 15.5 Å². The highest BCUT2D eigenvalue weighted by Gasteiger charge is 2.30. The summed E-state index contributed by atoms with van der Waals surface area (Å²) >= 11 is 1.19. The van der Waals surface area contributed by atoms with Crippen LogP contribution in [0.15, 0.2) is 24.3 Å². The summed E-state index contributed by atoms with van der Waals surface area (Å²) in [5.74, 6) is 0.522. The number of aryl methyl sites for hydroxylation is 1. The summed E-state index contributed by atoms with van der Waals surface area (Å²) in [7, 11) is 0. The molecular formula is C16H15F3N4OS. The van der Waals surface area contributed by atoms with Crippen molar-refractivity contribution in [2.24, 2.45) is 0 Å². The number of thiazole rings is 1. The Hall–Kier alpha value is -2.42. The summed E-state index contributed by atoms with van der Waals surface area (Å²) in [5, 5.41) is 10.8. The fraction of sp³-hybridized carbons (Fsp3) is 0.312. The lowest BCUT2D eigenvalue weighted by molar-refractivity contribution is -0.137. The van der Waals surface area contributed by atoms with Gasteiger partial charge >= 0.3 is 6.18 Å². The SMILES string of the molecule is Cc1c(C(=O)Nc2ccc(C(F)(F)F)cc2)sc2nnc(C(C)C)n12. The van der Waals surface area contributed by atoms with Crippen LogP contribution >= 0.6 is 11.3 Å². The van der Waals surface area contributed by atoms with Gasteiger partial charge in [0, 0.05) is 17.3 Å². The second-order valence-corrected chi connectivity index (χ2v) is 6.85. The number of alkyl halides is 3. The van der Waals surface area contributed by atoms with Crippen LogP contribution in [0.25, 0.3) is 4.96 Å². The lowest BCUT2D eigenvalue weighted by atomic mass is 10.2. The van der Waals surface area contributed by atoms with Gasteiger partial charge < -0.3 is 5.32 Å². The average Bonchev–Trinajstić information content (AvgIpc) is 3.07. The second kappa shape index (κ2) is 6.14. The Balaban J connectivity index is 1.86. The van der Waals surface area contributed by atoms with Crippen LogP contribution in [0.2, 0.25) is 0 Å². The van der Waals surface area contributed by atoms with Crippen molar-refractivity contribution in [3.05, 3.63) is 46.2 Å². The maximum atomic E-state index is 12.6. The molecule has 1 aromatic carbocycles. The summed E-state index contributed by atoms with van der Waals surface area (Å²) in [6.45, 7) is 5.76. The molecule has 9 heteroatoms. The molecule has 0 bridgehead atoms. The number of nitrogens with zero attached hydrogens (tertiary/aromatic N) is 3. The summed E-state index contributed by atoms with van der Waals surface area (Å²) in [6.07, 6.45) is -4.40. The third-order valence-corrected chi connectivity index (χ3v) is 4.84. The third-order valence-electron chi connectivity index (χ3n) is 3.71. The van der Waals surface area contributed by atoms with Gasteiger partial charge in [-0.05, 0) is 31.2 Å². The van der Waals surface area contributed by atoms with Crippen LogP contribution < -0.4 is 5.32 Å². The van der Waals surface area contributed by atoms with Crippen LogP contribution in [0.1, 0.15) is 46.5 Å². The maximum absolute atomic E-state index is 12.6. The lowest BCUT2D eigenvalue weighted by Gasteiger charge is -2.08. The molecule has 132 valence electrons. The Kier molecular flexibility index (Phi) is 4.28. The Morgan fingerprint density at radius 1 is 1.20 bits per heavy atom. The average molecular weight is 368 g/mol. The molecule has 0 radical (unpaired) electrons. The van der Waals surface area contributed by atoms with Gasteiger partial charge in [0.15, 0.2) is 0 Å². The summed E-state index contributed by atoms with van der Waals surface area (Å²) in [6, 6.07) is 4.33. The molecule has 3 rings (SSSR count). The fourth-order valence-corrected chi connectivity index (χ4v) is 3.41. The topological polar surface area (TPSA) is 59.3 Å². The van der Waals surface area contributed by atoms with Crippen molar-refractivity contribution >= 4 is 27.9 Å². The molecule has 0 aliphatic heterocycles. The molecule has 3 aromatic rings. The molecular weight excluding hydrogens is 353 g/mol. The zero-order valence-electron chi connectivity index (χ0n) is 13.7. The van der Waals surface area contributed by atoms with Crippen LogP contribution in [-0.2, 0) is 6.18 Å². The molecule has 2 heterocycles. The molecule has 0 saturated heterocycles. The van der Waals surface area contributed by atoms with Gasteiger partial charge in [-0.1, -0.05) is 25.2 Å². The quantitative estimate of drug-likeness (QED) is 0.741. The van der Waals surface area contributed by atoms with Crippen LogP contribution in [0.4, 0.5) is 18.9 Å². The molecule has 25 heavy (non-hydrogen) atoms. The van der Waals surface area contributed by atoms with Crippen LogP contribution in [0.5, 0.6) is 0 Å². The Morgan fingerprint density at radius 2 is 1.84 bits per heavy atom. The number of benzene rings is 1. The Morgan fingerprint density at radius 3 is 2.40 bits per heavy atom. The molecule has 0 saturated carbocycles. The van der Waals surface area contributed by atoms with E-state index in [0.717, 1.165) is 18.0 Å². The number of amides is 1. The Bertz CT molecular complexity index is 925. The first-order valence-electron chi connectivity index (χ1n) is 7.51. The smallest absolute Gasteiger partial charge is 0.321 e. The van der Waals surface area contributed by atoms with E-state index in [-0.39, 0.29) is 11.8 Å². The Labute approximate surface area is 145 Å². The largest absolute Gasteiger partial charge is 0.416 e. The number of halogens is 3. The highest BCUT2D eigenvalue weighted by atomic mass is 32.1. The first-order valence-corrected chi connectivity index (χ1v) is 8.33. The minimum atomic E-state index is -4.40. The number of hydrogen-bond donors (Lipinski definition) is 1. The third kappa shape index (κ3) is 3.23. The van der Waals surface area contributed by atoms with E-state index >= 15 is 0 Å². The molecule has 2 aromatic heterocycles. The van der Waals surface area contributed by atoms with E-state index in [4.69, 9.17) is 0 Å². The van der Waals surface area contributed by atoms with E-state index in [1.807, 2.05) is 18.2 Å². The van der Waals surface area contributed by atoms with Gasteiger partial charge in [0.25, 0.3) is 5.91 Å². The number of fused-ring (bicyclic) bond motifs is 1. The minimum Gasteiger partial charge on any atom is -0.321 e. The number of carbonyl (C=O) groups excluding carboxylic acids is 1. The molecule has 0 spiro atoms. The molecule has 1 amide bonds. The molecule has 0 unspecified atom stereocenters. The predicted molar refractivity (Wildman–Crippen MR) is 89.1 cm³/mol. The number of anilines is 1. The van der Waals surface area contributed by atoms with E-state index in [0.29, 0.717) is 21.2 Å². The lowest BCUT2D eigenvalue weighted by Crippen LogP contribution is -2.13. The number of nitrogens with one attached hydrogen (secondary N) is 1. The van der Waals surface area contributed by atoms with Crippen LogP contribution in [-0.4, -0.2) is 20.5 Å². The zero-order chi connectivity index (χ0) is 18.4. The highest BCUT2D eigenvalue weighted by Crippen LogP contribution is 2.30. The first-order chi connectivity index (χ1) is 11.7. The van der Waals surface area contributed by atoms with Gasteiger partial charge in [-0.3, -0.25) is 9.20 Å². The fourth-order valence-electron chi connectivity index (χ4n) is 2.44. The van der Waals surface area contributed by atoms with E-state index in [1.165, 1.54) is 23.5 Å².